The Morgan fingerprint density at radius 3 is 2.63 bits per heavy atom. The molecule has 2 heterocycles. The van der Waals surface area contributed by atoms with Crippen LogP contribution in [0.15, 0.2) is 0 Å². The summed E-state index contributed by atoms with van der Waals surface area (Å²) in [7, 11) is 1.37. The number of hydrogen-bond acceptors (Lipinski definition) is 4. The molecule has 0 spiro atoms. The predicted octanol–water partition coefficient (Wildman–Crippen LogP) is 1.02. The van der Waals surface area contributed by atoms with Crippen molar-refractivity contribution in [2.75, 3.05) is 13.7 Å². The summed E-state index contributed by atoms with van der Waals surface area (Å²) in [4.78, 5) is 26.1. The minimum atomic E-state index is -0.626. The molecule has 1 amide bonds. The van der Waals surface area contributed by atoms with Gasteiger partial charge in [0.25, 0.3) is 0 Å². The molecule has 3 fully saturated rings. The van der Waals surface area contributed by atoms with Gasteiger partial charge in [0.2, 0.25) is 5.91 Å². The summed E-state index contributed by atoms with van der Waals surface area (Å²) < 4.78 is 10.7. The van der Waals surface area contributed by atoms with Crippen LogP contribution in [0.5, 0.6) is 0 Å². The summed E-state index contributed by atoms with van der Waals surface area (Å²) in [6, 6.07) is 0.0797. The van der Waals surface area contributed by atoms with Crippen molar-refractivity contribution in [3.8, 4) is 0 Å². The normalized spacial score (nSPS) is 44.1. The smallest absolute Gasteiger partial charge is 0.309 e. The zero-order chi connectivity index (χ0) is 14.2. The Bertz CT molecular complexity index is 455. The van der Waals surface area contributed by atoms with Crippen LogP contribution in [-0.4, -0.2) is 42.3 Å². The van der Waals surface area contributed by atoms with Crippen LogP contribution in [0, 0.1) is 23.2 Å². The van der Waals surface area contributed by atoms with Crippen molar-refractivity contribution in [2.45, 2.75) is 39.5 Å². The van der Waals surface area contributed by atoms with E-state index in [0.29, 0.717) is 6.61 Å². The van der Waals surface area contributed by atoms with Crippen LogP contribution < -0.4 is 0 Å². The Hall–Kier alpha value is -1.10. The van der Waals surface area contributed by atoms with Crippen LogP contribution in [0.4, 0.5) is 0 Å². The molecule has 0 N–H and O–H groups in total. The van der Waals surface area contributed by atoms with Gasteiger partial charge in [-0.2, -0.15) is 0 Å². The number of hydrogen-bond donors (Lipinski definition) is 0. The summed E-state index contributed by atoms with van der Waals surface area (Å²) in [5.41, 5.74) is -0.649. The van der Waals surface area contributed by atoms with E-state index < -0.39 is 5.72 Å². The molecule has 3 rings (SSSR count). The van der Waals surface area contributed by atoms with Gasteiger partial charge in [-0.15, -0.1) is 0 Å². The third-order valence-electron chi connectivity index (χ3n) is 4.96. The molecule has 5 atom stereocenters. The van der Waals surface area contributed by atoms with E-state index in [-0.39, 0.29) is 41.1 Å². The third kappa shape index (κ3) is 1.45. The highest BCUT2D eigenvalue weighted by molar-refractivity contribution is 5.95. The maximum Gasteiger partial charge on any atom is 0.309 e. The average molecular weight is 267 g/mol. The lowest BCUT2D eigenvalue weighted by Gasteiger charge is -2.38. The van der Waals surface area contributed by atoms with Gasteiger partial charge in [-0.05, 0) is 12.3 Å². The maximum absolute atomic E-state index is 12.6. The first-order valence-electron chi connectivity index (χ1n) is 6.78. The molecule has 1 aliphatic carbocycles. The van der Waals surface area contributed by atoms with E-state index in [1.165, 1.54) is 7.11 Å². The van der Waals surface area contributed by atoms with Gasteiger partial charge in [0.05, 0.1) is 31.6 Å². The molecule has 19 heavy (non-hydrogen) atoms. The molecular weight excluding hydrogens is 246 g/mol. The Kier molecular flexibility index (Phi) is 2.38. The molecule has 2 saturated heterocycles. The summed E-state index contributed by atoms with van der Waals surface area (Å²) in [5, 5.41) is 0. The van der Waals surface area contributed by atoms with E-state index in [1.54, 1.807) is 0 Å². The van der Waals surface area contributed by atoms with Crippen molar-refractivity contribution >= 4 is 11.9 Å². The van der Waals surface area contributed by atoms with E-state index in [9.17, 15) is 9.59 Å². The highest BCUT2D eigenvalue weighted by atomic mass is 16.5. The first-order chi connectivity index (χ1) is 8.73. The standard InChI is InChI=1S/C14H21NO4/c1-13(2,3)7-6-19-14(4)10-8(11(16)15(7)14)9(10)12(17)18-5/h7-10H,6H2,1-5H3/t7-,8+,9+,10+,14-/m1/s1. The molecule has 5 heteroatoms. The molecule has 0 aromatic rings. The van der Waals surface area contributed by atoms with Crippen LogP contribution in [-0.2, 0) is 19.1 Å². The number of piperidine rings is 1. The largest absolute Gasteiger partial charge is 0.469 e. The summed E-state index contributed by atoms with van der Waals surface area (Å²) in [5.74, 6) is -0.813. The number of methoxy groups -OCH3 is 1. The lowest BCUT2D eigenvalue weighted by molar-refractivity contribution is -0.155. The molecule has 0 aromatic heterocycles. The van der Waals surface area contributed by atoms with Crippen LogP contribution in [0.3, 0.4) is 0 Å². The molecule has 106 valence electrons. The number of amides is 1. The summed E-state index contributed by atoms with van der Waals surface area (Å²) in [6.07, 6.45) is 0. The lowest BCUT2D eigenvalue weighted by Crippen LogP contribution is -2.52. The first kappa shape index (κ1) is 12.9. The highest BCUT2D eigenvalue weighted by Crippen LogP contribution is 2.64. The molecule has 3 aliphatic rings. The average Bonchev–Trinajstić information content (AvgIpc) is 2.90. The monoisotopic (exact) mass is 267 g/mol. The Morgan fingerprint density at radius 2 is 2.11 bits per heavy atom. The van der Waals surface area contributed by atoms with Crippen molar-refractivity contribution in [3.63, 3.8) is 0 Å². The molecule has 0 bridgehead atoms. The SMILES string of the molecule is COC(=O)[C@H]1[C@@H]2C(=O)N3[C@@H](C(C)(C)C)CO[C@]3(C)[C@H]12. The quantitative estimate of drug-likeness (QED) is 0.666. The Morgan fingerprint density at radius 1 is 1.47 bits per heavy atom. The second-order valence-electron chi connectivity index (χ2n) is 7.06. The Labute approximate surface area is 113 Å². The van der Waals surface area contributed by atoms with Crippen molar-refractivity contribution < 1.29 is 19.1 Å². The van der Waals surface area contributed by atoms with E-state index in [2.05, 4.69) is 20.8 Å². The topological polar surface area (TPSA) is 55.8 Å². The van der Waals surface area contributed by atoms with E-state index >= 15 is 0 Å². The highest BCUT2D eigenvalue weighted by Gasteiger charge is 2.78. The van der Waals surface area contributed by atoms with Crippen LogP contribution in [0.1, 0.15) is 27.7 Å². The molecule has 0 radical (unpaired) electrons. The van der Waals surface area contributed by atoms with Crippen LogP contribution in [0.25, 0.3) is 0 Å². The van der Waals surface area contributed by atoms with Gasteiger partial charge in [0, 0.05) is 5.92 Å². The number of nitrogens with zero attached hydrogens (tertiary/aromatic N) is 1. The van der Waals surface area contributed by atoms with Crippen LogP contribution in [0.2, 0.25) is 0 Å². The minimum absolute atomic E-state index is 0.0229. The predicted molar refractivity (Wildman–Crippen MR) is 66.9 cm³/mol. The fourth-order valence-corrected chi connectivity index (χ4v) is 3.84. The van der Waals surface area contributed by atoms with Crippen LogP contribution >= 0.6 is 0 Å². The van der Waals surface area contributed by atoms with E-state index in [1.807, 2.05) is 11.8 Å². The third-order valence-corrected chi connectivity index (χ3v) is 4.96. The number of carbonyl (C=O) groups is 2. The summed E-state index contributed by atoms with van der Waals surface area (Å²) >= 11 is 0. The van der Waals surface area contributed by atoms with Gasteiger partial charge in [-0.1, -0.05) is 20.8 Å². The van der Waals surface area contributed by atoms with Crippen molar-refractivity contribution in [2.24, 2.45) is 23.2 Å². The number of rotatable bonds is 1. The maximum atomic E-state index is 12.6. The van der Waals surface area contributed by atoms with Gasteiger partial charge in [-0.3, -0.25) is 9.59 Å². The zero-order valence-corrected chi connectivity index (χ0v) is 12.1. The molecule has 0 aromatic carbocycles. The number of fused-ring (bicyclic) bond motifs is 3. The van der Waals surface area contributed by atoms with E-state index in [4.69, 9.17) is 9.47 Å². The molecule has 0 unspecified atom stereocenters. The zero-order valence-electron chi connectivity index (χ0n) is 12.1. The van der Waals surface area contributed by atoms with Crippen molar-refractivity contribution in [1.82, 2.24) is 4.90 Å². The van der Waals surface area contributed by atoms with Crippen molar-refractivity contribution in [1.29, 1.82) is 0 Å². The summed E-state index contributed by atoms with van der Waals surface area (Å²) in [6.45, 7) is 8.82. The first-order valence-corrected chi connectivity index (χ1v) is 6.78. The fraction of sp³-hybridized carbons (Fsp3) is 0.857. The minimum Gasteiger partial charge on any atom is -0.469 e. The van der Waals surface area contributed by atoms with Crippen molar-refractivity contribution in [3.05, 3.63) is 0 Å². The lowest BCUT2D eigenvalue weighted by atomic mass is 9.86. The number of ether oxygens (including phenoxy) is 2. The Balaban J connectivity index is 1.90. The van der Waals surface area contributed by atoms with Gasteiger partial charge in [-0.25, -0.2) is 0 Å². The van der Waals surface area contributed by atoms with Gasteiger partial charge < -0.3 is 14.4 Å². The second kappa shape index (κ2) is 3.51. The molecular formula is C14H21NO4. The van der Waals surface area contributed by atoms with E-state index in [0.717, 1.165) is 0 Å². The number of carbonyl (C=O) groups excluding carboxylic acids is 2. The number of esters is 1. The molecule has 2 aliphatic heterocycles. The van der Waals surface area contributed by atoms with Gasteiger partial charge >= 0.3 is 5.97 Å². The fourth-order valence-electron chi connectivity index (χ4n) is 3.84. The van der Waals surface area contributed by atoms with Gasteiger partial charge in [0.15, 0.2) is 0 Å². The second-order valence-corrected chi connectivity index (χ2v) is 7.06. The molecule has 5 nitrogen and oxygen atoms in total. The van der Waals surface area contributed by atoms with Gasteiger partial charge in [0.1, 0.15) is 5.72 Å². The molecule has 1 saturated carbocycles.